The van der Waals surface area contributed by atoms with E-state index in [-0.39, 0.29) is 0 Å². The molecule has 14 heavy (non-hydrogen) atoms. The molecule has 0 radical (unpaired) electrons. The van der Waals surface area contributed by atoms with Gasteiger partial charge in [-0.25, -0.2) is 0 Å². The van der Waals surface area contributed by atoms with Crippen molar-refractivity contribution in [2.24, 2.45) is 0 Å². The average molecular weight is 399 g/mol. The lowest BCUT2D eigenvalue weighted by Crippen LogP contribution is -1.76. The van der Waals surface area contributed by atoms with Gasteiger partial charge in [-0.2, -0.15) is 0 Å². The second-order valence-electron chi connectivity index (χ2n) is 2.85. The molecule has 1 aromatic heterocycles. The fourth-order valence-electron chi connectivity index (χ4n) is 1.39. The van der Waals surface area contributed by atoms with Crippen molar-refractivity contribution >= 4 is 71.7 Å². The van der Waals surface area contributed by atoms with E-state index in [0.29, 0.717) is 0 Å². The van der Waals surface area contributed by atoms with Crippen molar-refractivity contribution in [3.05, 3.63) is 27.3 Å². The van der Waals surface area contributed by atoms with Crippen molar-refractivity contribution in [2.45, 2.75) is 9.54 Å². The molecule has 0 saturated heterocycles. The first-order valence-electron chi connectivity index (χ1n) is 4.07. The maximum Gasteiger partial charge on any atom is 0.0649 e. The summed E-state index contributed by atoms with van der Waals surface area (Å²) in [5.74, 6) is 0. The van der Waals surface area contributed by atoms with Crippen LogP contribution in [0.2, 0.25) is 0 Å². The van der Waals surface area contributed by atoms with Crippen molar-refractivity contribution in [3.8, 4) is 0 Å². The summed E-state index contributed by atoms with van der Waals surface area (Å²) in [7, 11) is 0. The van der Waals surface area contributed by atoms with Gasteiger partial charge >= 0.3 is 0 Å². The van der Waals surface area contributed by atoms with Crippen LogP contribution in [0.15, 0.2) is 22.4 Å². The number of thioether (sulfide) groups is 1. The Balaban J connectivity index is 2.73. The van der Waals surface area contributed by atoms with Crippen molar-refractivity contribution in [3.63, 3.8) is 0 Å². The molecule has 0 N–H and O–H groups in total. The van der Waals surface area contributed by atoms with Crippen LogP contribution in [0.4, 0.5) is 0 Å². The number of benzene rings is 1. The molecular formula is C10H8BrIS2. The monoisotopic (exact) mass is 398 g/mol. The Bertz CT molecular complexity index is 464. The van der Waals surface area contributed by atoms with E-state index in [4.69, 9.17) is 0 Å². The maximum absolute atomic E-state index is 3.56. The summed E-state index contributed by atoms with van der Waals surface area (Å²) in [5.41, 5.74) is 1.44. The molecule has 0 spiro atoms. The normalized spacial score (nSPS) is 11.1. The van der Waals surface area contributed by atoms with Crippen LogP contribution in [-0.4, -0.2) is 6.26 Å². The first kappa shape index (κ1) is 11.2. The molecule has 0 aliphatic rings. The minimum Gasteiger partial charge on any atom is -0.128 e. The van der Waals surface area contributed by atoms with Crippen molar-refractivity contribution in [2.75, 3.05) is 6.26 Å². The topological polar surface area (TPSA) is 0 Å². The average Bonchev–Trinajstić information content (AvgIpc) is 2.54. The number of hydrogen-bond donors (Lipinski definition) is 0. The van der Waals surface area contributed by atoms with Gasteiger partial charge in [-0.15, -0.1) is 23.1 Å². The third-order valence-corrected chi connectivity index (χ3v) is 5.63. The second kappa shape index (κ2) is 4.72. The number of rotatable bonds is 2. The second-order valence-corrected chi connectivity index (χ2v) is 6.78. The van der Waals surface area contributed by atoms with E-state index in [1.807, 2.05) is 23.1 Å². The van der Waals surface area contributed by atoms with Crippen molar-refractivity contribution in [1.29, 1.82) is 0 Å². The van der Waals surface area contributed by atoms with E-state index >= 15 is 0 Å². The Hall–Kier alpha value is 0.740. The largest absolute Gasteiger partial charge is 0.128 e. The highest BCUT2D eigenvalue weighted by molar-refractivity contribution is 14.1. The van der Waals surface area contributed by atoms with Crippen LogP contribution in [0, 0.1) is 3.57 Å². The fourth-order valence-corrected chi connectivity index (χ4v) is 5.07. The van der Waals surface area contributed by atoms with Crippen LogP contribution in [0.3, 0.4) is 0 Å². The molecule has 2 rings (SSSR count). The lowest BCUT2D eigenvalue weighted by Gasteiger charge is -1.96. The molecule has 0 fully saturated rings. The number of fused-ring (bicyclic) bond motifs is 1. The SMILES string of the molecule is CSc1sc2cc(I)ccc2c1CBr. The number of hydrogen-bond acceptors (Lipinski definition) is 2. The van der Waals surface area contributed by atoms with Crippen LogP contribution in [0.25, 0.3) is 10.1 Å². The first-order chi connectivity index (χ1) is 6.76. The zero-order valence-electron chi connectivity index (χ0n) is 7.51. The Morgan fingerprint density at radius 2 is 2.29 bits per heavy atom. The highest BCUT2D eigenvalue weighted by Gasteiger charge is 2.09. The third-order valence-electron chi connectivity index (χ3n) is 2.04. The molecule has 2 aromatic rings. The van der Waals surface area contributed by atoms with Gasteiger partial charge < -0.3 is 0 Å². The summed E-state index contributed by atoms with van der Waals surface area (Å²) in [6.07, 6.45) is 2.14. The molecule has 4 heteroatoms. The van der Waals surface area contributed by atoms with Gasteiger partial charge in [-0.1, -0.05) is 22.0 Å². The minimum absolute atomic E-state index is 0.948. The van der Waals surface area contributed by atoms with Gasteiger partial charge in [0.15, 0.2) is 0 Å². The van der Waals surface area contributed by atoms with Gasteiger partial charge in [0.1, 0.15) is 0 Å². The van der Waals surface area contributed by atoms with Gasteiger partial charge in [0.25, 0.3) is 0 Å². The highest BCUT2D eigenvalue weighted by atomic mass is 127. The first-order valence-corrected chi connectivity index (χ1v) is 8.31. The molecule has 0 atom stereocenters. The predicted octanol–water partition coefficient (Wildman–Crippen LogP) is 5.12. The molecule has 0 amide bonds. The van der Waals surface area contributed by atoms with Gasteiger partial charge in [0, 0.05) is 13.6 Å². The molecular weight excluding hydrogens is 391 g/mol. The molecule has 1 aromatic carbocycles. The summed E-state index contributed by atoms with van der Waals surface area (Å²) in [5, 5.41) is 2.35. The van der Waals surface area contributed by atoms with E-state index in [0.717, 1.165) is 5.33 Å². The quantitative estimate of drug-likeness (QED) is 0.384. The molecule has 0 nitrogen and oxygen atoms in total. The molecule has 0 saturated carbocycles. The zero-order valence-corrected chi connectivity index (χ0v) is 12.9. The van der Waals surface area contributed by atoms with Crippen LogP contribution < -0.4 is 0 Å². The van der Waals surface area contributed by atoms with Crippen LogP contribution in [0.1, 0.15) is 5.56 Å². The Labute approximate surface area is 114 Å². The van der Waals surface area contributed by atoms with Gasteiger partial charge in [0.2, 0.25) is 0 Å². The van der Waals surface area contributed by atoms with Gasteiger partial charge in [-0.05, 0) is 51.9 Å². The summed E-state index contributed by atoms with van der Waals surface area (Å²) >= 11 is 9.65. The van der Waals surface area contributed by atoms with Crippen LogP contribution in [-0.2, 0) is 5.33 Å². The third kappa shape index (κ3) is 1.99. The van der Waals surface area contributed by atoms with E-state index in [9.17, 15) is 0 Å². The highest BCUT2D eigenvalue weighted by Crippen LogP contribution is 2.38. The lowest BCUT2D eigenvalue weighted by atomic mass is 10.2. The number of alkyl halides is 1. The molecule has 0 bridgehead atoms. The van der Waals surface area contributed by atoms with E-state index in [2.05, 4.69) is 63.0 Å². The van der Waals surface area contributed by atoms with E-state index in [1.54, 1.807) is 0 Å². The molecule has 0 aliphatic carbocycles. The van der Waals surface area contributed by atoms with Crippen molar-refractivity contribution in [1.82, 2.24) is 0 Å². The van der Waals surface area contributed by atoms with Gasteiger partial charge in [-0.3, -0.25) is 0 Å². The molecule has 0 unspecified atom stereocenters. The minimum atomic E-state index is 0.948. The number of thiophene rings is 1. The Morgan fingerprint density at radius 1 is 1.50 bits per heavy atom. The van der Waals surface area contributed by atoms with E-state index < -0.39 is 0 Å². The summed E-state index contributed by atoms with van der Waals surface area (Å²) in [6, 6.07) is 6.65. The number of halogens is 2. The molecule has 74 valence electrons. The Morgan fingerprint density at radius 3 is 2.93 bits per heavy atom. The predicted molar refractivity (Wildman–Crippen MR) is 79.0 cm³/mol. The maximum atomic E-state index is 3.56. The van der Waals surface area contributed by atoms with Gasteiger partial charge in [0.05, 0.1) is 4.21 Å². The summed E-state index contributed by atoms with van der Waals surface area (Å²) in [6.45, 7) is 0. The van der Waals surface area contributed by atoms with Crippen LogP contribution in [0.5, 0.6) is 0 Å². The van der Waals surface area contributed by atoms with E-state index in [1.165, 1.54) is 23.4 Å². The lowest BCUT2D eigenvalue weighted by molar-refractivity contribution is 1.43. The summed E-state index contributed by atoms with van der Waals surface area (Å²) in [4.78, 5) is 0. The Kier molecular flexibility index (Phi) is 3.79. The molecule has 1 heterocycles. The standard InChI is InChI=1S/C10H8BrIS2/c1-13-10-8(5-11)7-3-2-6(12)4-9(7)14-10/h2-4H,5H2,1H3. The van der Waals surface area contributed by atoms with Crippen molar-refractivity contribution < 1.29 is 0 Å². The van der Waals surface area contributed by atoms with Crippen LogP contribution >= 0.6 is 61.6 Å². The zero-order chi connectivity index (χ0) is 10.1. The smallest absolute Gasteiger partial charge is 0.0649 e. The summed E-state index contributed by atoms with van der Waals surface area (Å²) < 4.78 is 4.14. The molecule has 0 aliphatic heterocycles. The fraction of sp³-hybridized carbons (Fsp3) is 0.200.